The third kappa shape index (κ3) is 2.10. The highest BCUT2D eigenvalue weighted by atomic mass is 16.3. The van der Waals surface area contributed by atoms with Crippen LogP contribution in [0, 0.1) is 5.92 Å². The first-order chi connectivity index (χ1) is 5.97. The summed E-state index contributed by atoms with van der Waals surface area (Å²) in [5.41, 5.74) is -0.127. The summed E-state index contributed by atoms with van der Waals surface area (Å²) in [6, 6.07) is 0. The summed E-state index contributed by atoms with van der Waals surface area (Å²) < 4.78 is 0. The van der Waals surface area contributed by atoms with Gasteiger partial charge >= 0.3 is 0 Å². The molecule has 0 aliphatic heterocycles. The molecule has 0 aromatic carbocycles. The molecule has 0 saturated heterocycles. The molecule has 0 heterocycles. The zero-order valence-electron chi connectivity index (χ0n) is 8.70. The summed E-state index contributed by atoms with van der Waals surface area (Å²) in [7, 11) is 1.87. The number of rotatable bonds is 1. The molecule has 3 nitrogen and oxygen atoms in total. The Bertz CT molecular complexity index is 203. The molecule has 3 atom stereocenters. The van der Waals surface area contributed by atoms with Crippen molar-refractivity contribution in [2.45, 2.75) is 38.3 Å². The van der Waals surface area contributed by atoms with Gasteiger partial charge in [-0.3, -0.25) is 5.84 Å². The van der Waals surface area contributed by atoms with Crippen molar-refractivity contribution in [1.82, 2.24) is 5.01 Å². The average molecular weight is 184 g/mol. The van der Waals surface area contributed by atoms with Crippen LogP contribution < -0.4 is 5.84 Å². The number of hydrogen-bond acceptors (Lipinski definition) is 3. The van der Waals surface area contributed by atoms with Crippen LogP contribution >= 0.6 is 0 Å². The molecule has 1 aliphatic rings. The number of nitrogens with two attached hydrogens (primary N) is 1. The van der Waals surface area contributed by atoms with Crippen molar-refractivity contribution in [1.29, 1.82) is 0 Å². The fourth-order valence-electron chi connectivity index (χ4n) is 1.84. The normalized spacial score (nSPS) is 40.8. The summed E-state index contributed by atoms with van der Waals surface area (Å²) in [4.78, 5) is 0. The minimum atomic E-state index is -0.215. The van der Waals surface area contributed by atoms with Gasteiger partial charge in [-0.25, -0.2) is 5.01 Å². The van der Waals surface area contributed by atoms with E-state index in [4.69, 9.17) is 5.84 Å². The highest BCUT2D eigenvalue weighted by Gasteiger charge is 2.34. The fourth-order valence-corrected chi connectivity index (χ4v) is 1.84. The van der Waals surface area contributed by atoms with Crippen LogP contribution in [0.3, 0.4) is 0 Å². The van der Waals surface area contributed by atoms with Crippen molar-refractivity contribution >= 4 is 0 Å². The van der Waals surface area contributed by atoms with E-state index in [0.29, 0.717) is 5.92 Å². The lowest BCUT2D eigenvalue weighted by molar-refractivity contribution is 0.0831. The lowest BCUT2D eigenvalue weighted by atomic mass is 9.84. The molecule has 13 heavy (non-hydrogen) atoms. The first kappa shape index (κ1) is 10.7. The molecule has 0 radical (unpaired) electrons. The van der Waals surface area contributed by atoms with Gasteiger partial charge in [-0.05, 0) is 25.7 Å². The van der Waals surface area contributed by atoms with E-state index < -0.39 is 0 Å². The van der Waals surface area contributed by atoms with Gasteiger partial charge < -0.3 is 5.11 Å². The van der Waals surface area contributed by atoms with Crippen molar-refractivity contribution in [2.75, 3.05) is 7.05 Å². The first-order valence-electron chi connectivity index (χ1n) is 4.81. The van der Waals surface area contributed by atoms with Gasteiger partial charge in [0, 0.05) is 7.05 Å². The molecule has 0 bridgehead atoms. The van der Waals surface area contributed by atoms with Gasteiger partial charge in [-0.15, -0.1) is 0 Å². The van der Waals surface area contributed by atoms with Crippen molar-refractivity contribution in [3.8, 4) is 0 Å². The summed E-state index contributed by atoms with van der Waals surface area (Å²) >= 11 is 0. The van der Waals surface area contributed by atoms with E-state index in [1.807, 2.05) is 13.1 Å². The van der Waals surface area contributed by atoms with Crippen molar-refractivity contribution in [3.05, 3.63) is 12.2 Å². The Labute approximate surface area is 80.2 Å². The Morgan fingerprint density at radius 1 is 1.62 bits per heavy atom. The lowest BCUT2D eigenvalue weighted by Gasteiger charge is -2.38. The minimum absolute atomic E-state index is 0.127. The standard InChI is InChI=1S/C10H20N2O/c1-8-7-9(13)5-4-6-10(8,2)12(3)11/h4,6,8-9,13H,5,7,11H2,1-3H3. The molecule has 3 heteroatoms. The Morgan fingerprint density at radius 3 is 2.77 bits per heavy atom. The van der Waals surface area contributed by atoms with Gasteiger partial charge in [0.25, 0.3) is 0 Å². The minimum Gasteiger partial charge on any atom is -0.393 e. The van der Waals surface area contributed by atoms with E-state index in [-0.39, 0.29) is 11.6 Å². The van der Waals surface area contributed by atoms with E-state index in [9.17, 15) is 5.11 Å². The van der Waals surface area contributed by atoms with Crippen LogP contribution in [0.25, 0.3) is 0 Å². The third-order valence-corrected chi connectivity index (χ3v) is 3.25. The lowest BCUT2D eigenvalue weighted by Crippen LogP contribution is -2.51. The molecule has 0 spiro atoms. The van der Waals surface area contributed by atoms with Gasteiger partial charge in [0.1, 0.15) is 0 Å². The van der Waals surface area contributed by atoms with Gasteiger partial charge in [0.2, 0.25) is 0 Å². The van der Waals surface area contributed by atoms with E-state index in [0.717, 1.165) is 12.8 Å². The fraction of sp³-hybridized carbons (Fsp3) is 0.800. The maximum Gasteiger partial charge on any atom is 0.0578 e. The number of hydrazine groups is 1. The molecule has 76 valence electrons. The van der Waals surface area contributed by atoms with Crippen molar-refractivity contribution in [2.24, 2.45) is 11.8 Å². The maximum atomic E-state index is 9.56. The Kier molecular flexibility index (Phi) is 3.11. The van der Waals surface area contributed by atoms with Crippen molar-refractivity contribution < 1.29 is 5.11 Å². The number of likely N-dealkylation sites (N-methyl/N-ethyl adjacent to an activating group) is 1. The zero-order valence-corrected chi connectivity index (χ0v) is 8.70. The Balaban J connectivity index is 2.84. The molecule has 0 amide bonds. The molecule has 0 aromatic rings. The van der Waals surface area contributed by atoms with E-state index in [2.05, 4.69) is 19.9 Å². The molecule has 3 N–H and O–H groups in total. The van der Waals surface area contributed by atoms with Crippen molar-refractivity contribution in [3.63, 3.8) is 0 Å². The van der Waals surface area contributed by atoms with Crippen LogP contribution in [-0.2, 0) is 0 Å². The molecular formula is C10H20N2O. The van der Waals surface area contributed by atoms with Gasteiger partial charge in [0.05, 0.1) is 11.6 Å². The van der Waals surface area contributed by atoms with Crippen LogP contribution in [0.1, 0.15) is 26.7 Å². The van der Waals surface area contributed by atoms with Gasteiger partial charge in [-0.1, -0.05) is 19.1 Å². The Hall–Kier alpha value is -0.380. The molecule has 1 aliphatic carbocycles. The molecule has 0 saturated carbocycles. The van der Waals surface area contributed by atoms with E-state index in [1.54, 1.807) is 5.01 Å². The van der Waals surface area contributed by atoms with Crippen LogP contribution in [0.4, 0.5) is 0 Å². The summed E-state index contributed by atoms with van der Waals surface area (Å²) in [5, 5.41) is 11.3. The second-order valence-electron chi connectivity index (χ2n) is 4.27. The predicted molar refractivity (Wildman–Crippen MR) is 53.9 cm³/mol. The second-order valence-corrected chi connectivity index (χ2v) is 4.27. The number of hydrogen-bond donors (Lipinski definition) is 2. The van der Waals surface area contributed by atoms with Gasteiger partial charge in [0.15, 0.2) is 0 Å². The quantitative estimate of drug-likeness (QED) is 0.361. The second kappa shape index (κ2) is 3.78. The SMILES string of the molecule is CC1CC(O)CC=CC1(C)N(C)N. The molecule has 0 fully saturated rings. The van der Waals surface area contributed by atoms with E-state index >= 15 is 0 Å². The summed E-state index contributed by atoms with van der Waals surface area (Å²) in [5.74, 6) is 6.18. The van der Waals surface area contributed by atoms with Crippen LogP contribution in [0.15, 0.2) is 12.2 Å². The molecular weight excluding hydrogens is 164 g/mol. The number of nitrogens with zero attached hydrogens (tertiary/aromatic N) is 1. The largest absolute Gasteiger partial charge is 0.393 e. The smallest absolute Gasteiger partial charge is 0.0578 e. The molecule has 1 rings (SSSR count). The van der Waals surface area contributed by atoms with Crippen LogP contribution in [-0.4, -0.2) is 28.8 Å². The zero-order chi connectivity index (χ0) is 10.1. The Morgan fingerprint density at radius 2 is 2.23 bits per heavy atom. The van der Waals surface area contributed by atoms with Crippen LogP contribution in [0.5, 0.6) is 0 Å². The molecule has 0 aromatic heterocycles. The van der Waals surface area contributed by atoms with Gasteiger partial charge in [-0.2, -0.15) is 0 Å². The first-order valence-corrected chi connectivity index (χ1v) is 4.81. The monoisotopic (exact) mass is 184 g/mol. The topological polar surface area (TPSA) is 49.5 Å². The molecule has 3 unspecified atom stereocenters. The van der Waals surface area contributed by atoms with E-state index in [1.165, 1.54) is 0 Å². The third-order valence-electron chi connectivity index (χ3n) is 3.25. The maximum absolute atomic E-state index is 9.56. The predicted octanol–water partition coefficient (Wildman–Crippen LogP) is 0.898. The van der Waals surface area contributed by atoms with Crippen LogP contribution in [0.2, 0.25) is 0 Å². The summed E-state index contributed by atoms with van der Waals surface area (Å²) in [6.07, 6.45) is 5.47. The number of aliphatic hydroxyl groups excluding tert-OH is 1. The summed E-state index contributed by atoms with van der Waals surface area (Å²) in [6.45, 7) is 4.23. The average Bonchev–Trinajstić information content (AvgIpc) is 2.13. The highest BCUT2D eigenvalue weighted by Crippen LogP contribution is 2.30. The number of aliphatic hydroxyl groups is 1. The highest BCUT2D eigenvalue weighted by molar-refractivity contribution is 5.09.